The predicted octanol–water partition coefficient (Wildman–Crippen LogP) is 5.73. The quantitative estimate of drug-likeness (QED) is 0.142. The summed E-state index contributed by atoms with van der Waals surface area (Å²) in [6.45, 7) is 8.33. The number of likely N-dealkylation sites (N-methyl/N-ethyl adjacent to an activating group) is 1. The molecule has 1 N–H and O–H groups in total. The summed E-state index contributed by atoms with van der Waals surface area (Å²) in [4.78, 5) is 26.7. The molecule has 0 saturated heterocycles. The minimum Gasteiger partial charge on any atom is -0.461 e. The summed E-state index contributed by atoms with van der Waals surface area (Å²) in [7, 11) is -1.96. The Kier molecular flexibility index (Phi) is 10.6. The first-order valence-electron chi connectivity index (χ1n) is 12.8. The number of nitrogens with zero attached hydrogens (tertiary/aromatic N) is 2. The first-order chi connectivity index (χ1) is 18.6. The fourth-order valence-corrected chi connectivity index (χ4v) is 6.72. The molecule has 0 bridgehead atoms. The number of nitro groups is 1. The number of dihydropyridines is 1. The van der Waals surface area contributed by atoms with Crippen molar-refractivity contribution in [3.8, 4) is 0 Å². The number of benzene rings is 2. The molecular formula is C28H36N3O7P. The second-order valence-corrected chi connectivity index (χ2v) is 11.1. The highest BCUT2D eigenvalue weighted by Gasteiger charge is 2.44. The van der Waals surface area contributed by atoms with E-state index < -0.39 is 24.4 Å². The Morgan fingerprint density at radius 1 is 1.05 bits per heavy atom. The zero-order valence-electron chi connectivity index (χ0n) is 23.0. The highest BCUT2D eigenvalue weighted by atomic mass is 31.2. The lowest BCUT2D eigenvalue weighted by atomic mass is 9.86. The molecule has 0 aromatic heterocycles. The van der Waals surface area contributed by atoms with Gasteiger partial charge in [-0.1, -0.05) is 42.5 Å². The zero-order chi connectivity index (χ0) is 28.6. The predicted molar refractivity (Wildman–Crippen MR) is 149 cm³/mol. The number of nitrogens with one attached hydrogen (secondary N) is 1. The van der Waals surface area contributed by atoms with E-state index in [-0.39, 0.29) is 36.4 Å². The second kappa shape index (κ2) is 13.7. The van der Waals surface area contributed by atoms with Crippen LogP contribution in [0.1, 0.15) is 44.7 Å². The van der Waals surface area contributed by atoms with Crippen LogP contribution >= 0.6 is 7.60 Å². The fraction of sp³-hybridized carbons (Fsp3) is 0.393. The van der Waals surface area contributed by atoms with Gasteiger partial charge in [0.15, 0.2) is 0 Å². The Morgan fingerprint density at radius 2 is 1.72 bits per heavy atom. The van der Waals surface area contributed by atoms with Gasteiger partial charge in [-0.15, -0.1) is 0 Å². The van der Waals surface area contributed by atoms with Gasteiger partial charge in [-0.3, -0.25) is 19.6 Å². The Balaban J connectivity index is 1.95. The molecule has 3 rings (SSSR count). The highest BCUT2D eigenvalue weighted by Crippen LogP contribution is 2.64. The third-order valence-corrected chi connectivity index (χ3v) is 8.63. The summed E-state index contributed by atoms with van der Waals surface area (Å²) < 4.78 is 31.1. The maximum Gasteiger partial charge on any atom is 0.360 e. The number of allylic oxidation sites excluding steroid dienone is 3. The Hall–Kier alpha value is -3.30. The molecule has 210 valence electrons. The normalized spacial score (nSPS) is 15.9. The molecule has 1 aliphatic rings. The van der Waals surface area contributed by atoms with Crippen LogP contribution in [0.25, 0.3) is 0 Å². The van der Waals surface area contributed by atoms with E-state index in [1.54, 1.807) is 33.8 Å². The van der Waals surface area contributed by atoms with E-state index in [9.17, 15) is 19.5 Å². The van der Waals surface area contributed by atoms with Crippen LogP contribution in [0.2, 0.25) is 0 Å². The van der Waals surface area contributed by atoms with Crippen molar-refractivity contribution < 1.29 is 28.1 Å². The Labute approximate surface area is 229 Å². The largest absolute Gasteiger partial charge is 0.461 e. The number of carbonyl (C=O) groups is 1. The molecule has 2 aromatic rings. The summed E-state index contributed by atoms with van der Waals surface area (Å²) in [6.07, 6.45) is 0. The molecule has 1 unspecified atom stereocenters. The SMILES string of the molecule is CCOP(=O)(OCC)C1=C(C)NC(C)=C(C(=O)OCCN(C)Cc2ccccc2)C1c1cccc([N+](=O)[O-])c1. The lowest BCUT2D eigenvalue weighted by Gasteiger charge is -2.34. The van der Waals surface area contributed by atoms with E-state index in [2.05, 4.69) is 5.32 Å². The number of non-ortho nitro benzene ring substituents is 1. The van der Waals surface area contributed by atoms with Crippen LogP contribution in [0.15, 0.2) is 76.9 Å². The highest BCUT2D eigenvalue weighted by molar-refractivity contribution is 7.58. The lowest BCUT2D eigenvalue weighted by molar-refractivity contribution is -0.384. The van der Waals surface area contributed by atoms with Crippen LogP contribution in [0.4, 0.5) is 5.69 Å². The van der Waals surface area contributed by atoms with Gasteiger partial charge in [-0.2, -0.15) is 0 Å². The number of hydrogen-bond donors (Lipinski definition) is 1. The number of rotatable bonds is 13. The minimum absolute atomic E-state index is 0.103. The molecule has 0 fully saturated rings. The Morgan fingerprint density at radius 3 is 2.33 bits per heavy atom. The van der Waals surface area contributed by atoms with E-state index in [0.29, 0.717) is 30.0 Å². The average molecular weight is 558 g/mol. The molecule has 10 nitrogen and oxygen atoms in total. The van der Waals surface area contributed by atoms with Gasteiger partial charge in [-0.05, 0) is 45.9 Å². The van der Waals surface area contributed by atoms with E-state index in [4.69, 9.17) is 13.8 Å². The lowest BCUT2D eigenvalue weighted by Crippen LogP contribution is -2.31. The van der Waals surface area contributed by atoms with Crippen LogP contribution in [0.3, 0.4) is 0 Å². The monoisotopic (exact) mass is 557 g/mol. The molecule has 0 radical (unpaired) electrons. The molecular weight excluding hydrogens is 521 g/mol. The van der Waals surface area contributed by atoms with E-state index in [1.807, 2.05) is 42.3 Å². The van der Waals surface area contributed by atoms with Gasteiger partial charge in [0.25, 0.3) is 5.69 Å². The van der Waals surface area contributed by atoms with Crippen LogP contribution in [0.5, 0.6) is 0 Å². The molecule has 1 heterocycles. The molecule has 1 atom stereocenters. The third-order valence-electron chi connectivity index (χ3n) is 6.25. The van der Waals surface area contributed by atoms with E-state index in [0.717, 1.165) is 5.56 Å². The van der Waals surface area contributed by atoms with Crippen LogP contribution < -0.4 is 5.32 Å². The zero-order valence-corrected chi connectivity index (χ0v) is 23.9. The van der Waals surface area contributed by atoms with Gasteiger partial charge in [-0.25, -0.2) is 4.79 Å². The smallest absolute Gasteiger partial charge is 0.360 e. The van der Waals surface area contributed by atoms with Crippen molar-refractivity contribution in [3.05, 3.63) is 98.1 Å². The van der Waals surface area contributed by atoms with Crippen molar-refractivity contribution in [2.45, 2.75) is 40.2 Å². The van der Waals surface area contributed by atoms with Crippen molar-refractivity contribution in [2.75, 3.05) is 33.4 Å². The maximum absolute atomic E-state index is 14.1. The summed E-state index contributed by atoms with van der Waals surface area (Å²) in [5.74, 6) is -1.56. The first-order valence-corrected chi connectivity index (χ1v) is 14.4. The molecule has 0 saturated carbocycles. The first kappa shape index (κ1) is 30.2. The van der Waals surface area contributed by atoms with Gasteiger partial charge in [0, 0.05) is 36.6 Å². The summed E-state index contributed by atoms with van der Waals surface area (Å²) >= 11 is 0. The fourth-order valence-electron chi connectivity index (χ4n) is 4.62. The Bertz CT molecular complexity index is 1280. The van der Waals surface area contributed by atoms with Crippen molar-refractivity contribution in [3.63, 3.8) is 0 Å². The molecule has 0 aliphatic carbocycles. The standard InChI is InChI=1S/C28H36N3O7P/c1-6-37-39(35,38-7-2)27-21(4)29-20(3)25(26(27)23-14-11-15-24(18-23)31(33)34)28(32)36-17-16-30(5)19-22-12-9-8-10-13-22/h8-15,18,26,29H,6-7,16-17,19H2,1-5H3. The van der Waals surface area contributed by atoms with Crippen molar-refractivity contribution >= 4 is 19.3 Å². The topological polar surface area (TPSA) is 120 Å². The number of esters is 1. The average Bonchev–Trinajstić information content (AvgIpc) is 2.89. The summed E-state index contributed by atoms with van der Waals surface area (Å²) in [6, 6.07) is 15.9. The van der Waals surface area contributed by atoms with Crippen molar-refractivity contribution in [1.82, 2.24) is 10.2 Å². The number of ether oxygens (including phenoxy) is 1. The molecule has 11 heteroatoms. The third kappa shape index (κ3) is 7.42. The van der Waals surface area contributed by atoms with Crippen LogP contribution in [-0.2, 0) is 29.7 Å². The van der Waals surface area contributed by atoms with Gasteiger partial charge in [0.2, 0.25) is 0 Å². The molecule has 1 aliphatic heterocycles. The minimum atomic E-state index is -3.90. The van der Waals surface area contributed by atoms with Crippen molar-refractivity contribution in [2.24, 2.45) is 0 Å². The van der Waals surface area contributed by atoms with E-state index >= 15 is 0 Å². The van der Waals surface area contributed by atoms with Gasteiger partial charge >= 0.3 is 13.6 Å². The maximum atomic E-state index is 14.1. The number of hydrogen-bond acceptors (Lipinski definition) is 9. The second-order valence-electron chi connectivity index (χ2n) is 9.15. The molecule has 2 aromatic carbocycles. The van der Waals surface area contributed by atoms with Gasteiger partial charge in [0.05, 0.1) is 34.9 Å². The van der Waals surface area contributed by atoms with Gasteiger partial charge < -0.3 is 19.1 Å². The summed E-state index contributed by atoms with van der Waals surface area (Å²) in [5, 5.41) is 14.9. The molecule has 0 amide bonds. The number of carbonyl (C=O) groups excluding carboxylic acids is 1. The van der Waals surface area contributed by atoms with Crippen LogP contribution in [-0.4, -0.2) is 49.2 Å². The number of nitro benzene ring substituents is 1. The van der Waals surface area contributed by atoms with E-state index in [1.165, 1.54) is 18.2 Å². The molecule has 39 heavy (non-hydrogen) atoms. The summed E-state index contributed by atoms with van der Waals surface area (Å²) in [5.41, 5.74) is 2.58. The van der Waals surface area contributed by atoms with Gasteiger partial charge in [0.1, 0.15) is 6.61 Å². The van der Waals surface area contributed by atoms with Crippen LogP contribution in [0, 0.1) is 10.1 Å². The molecule has 0 spiro atoms. The van der Waals surface area contributed by atoms with Crippen molar-refractivity contribution in [1.29, 1.82) is 0 Å².